The second-order valence-corrected chi connectivity index (χ2v) is 6.52. The van der Waals surface area contributed by atoms with Crippen LogP contribution in [0.1, 0.15) is 37.8 Å². The molecule has 0 aliphatic heterocycles. The van der Waals surface area contributed by atoms with Crippen LogP contribution in [0.15, 0.2) is 48.5 Å². The van der Waals surface area contributed by atoms with E-state index in [-0.39, 0.29) is 12.5 Å². The molecule has 1 amide bonds. The molecule has 0 atom stereocenters. The number of hydrogen-bond donors (Lipinski definition) is 1. The lowest BCUT2D eigenvalue weighted by molar-refractivity contribution is -0.232. The molecule has 6 heteroatoms. The first-order valence-electron chi connectivity index (χ1n) is 8.36. The Labute approximate surface area is 152 Å². The van der Waals surface area contributed by atoms with Crippen molar-refractivity contribution in [2.75, 3.05) is 6.61 Å². The van der Waals surface area contributed by atoms with Gasteiger partial charge in [0.25, 0.3) is 0 Å². The van der Waals surface area contributed by atoms with Gasteiger partial charge < -0.3 is 9.47 Å². The van der Waals surface area contributed by atoms with Crippen LogP contribution in [0.25, 0.3) is 11.1 Å². The van der Waals surface area contributed by atoms with E-state index in [9.17, 15) is 9.59 Å². The van der Waals surface area contributed by atoms with Crippen LogP contribution >= 0.6 is 0 Å². The van der Waals surface area contributed by atoms with Crippen LogP contribution < -0.4 is 5.48 Å². The molecule has 26 heavy (non-hydrogen) atoms. The second kappa shape index (κ2) is 7.17. The molecular formula is C20H21NO5. The van der Waals surface area contributed by atoms with Crippen LogP contribution in [0.4, 0.5) is 4.79 Å². The third-order valence-corrected chi connectivity index (χ3v) is 4.11. The van der Waals surface area contributed by atoms with Crippen LogP contribution in [0.3, 0.4) is 0 Å². The Hall–Kier alpha value is -2.86. The summed E-state index contributed by atoms with van der Waals surface area (Å²) in [5.41, 5.74) is 6.73. The minimum atomic E-state index is -1.28. The monoisotopic (exact) mass is 355 g/mol. The SMILES string of the molecule is CC(=O)OC(C)(C)ONC(=O)OCC1c2ccccc2-c2ccccc21. The highest BCUT2D eigenvalue weighted by molar-refractivity contribution is 5.79. The third kappa shape index (κ3) is 3.86. The molecule has 0 spiro atoms. The summed E-state index contributed by atoms with van der Waals surface area (Å²) >= 11 is 0. The zero-order valence-corrected chi connectivity index (χ0v) is 14.9. The van der Waals surface area contributed by atoms with Gasteiger partial charge in [0, 0.05) is 26.7 Å². The number of nitrogens with one attached hydrogen (secondary N) is 1. The summed E-state index contributed by atoms with van der Waals surface area (Å²) in [4.78, 5) is 28.0. The third-order valence-electron chi connectivity index (χ3n) is 4.11. The topological polar surface area (TPSA) is 73.9 Å². The van der Waals surface area contributed by atoms with Crippen LogP contribution in [-0.4, -0.2) is 24.5 Å². The summed E-state index contributed by atoms with van der Waals surface area (Å²) in [5.74, 6) is -1.82. The molecule has 0 unspecified atom stereocenters. The predicted octanol–water partition coefficient (Wildman–Crippen LogP) is 3.76. The molecule has 0 heterocycles. The predicted molar refractivity (Wildman–Crippen MR) is 95.1 cm³/mol. The summed E-state index contributed by atoms with van der Waals surface area (Å²) in [7, 11) is 0. The van der Waals surface area contributed by atoms with Gasteiger partial charge in [-0.1, -0.05) is 48.5 Å². The van der Waals surface area contributed by atoms with Crippen LogP contribution in [0, 0.1) is 0 Å². The number of carbonyl (C=O) groups excluding carboxylic acids is 2. The van der Waals surface area contributed by atoms with E-state index in [2.05, 4.69) is 17.6 Å². The fraction of sp³-hybridized carbons (Fsp3) is 0.300. The van der Waals surface area contributed by atoms with E-state index in [4.69, 9.17) is 14.3 Å². The van der Waals surface area contributed by atoms with Crippen molar-refractivity contribution >= 4 is 12.1 Å². The summed E-state index contributed by atoms with van der Waals surface area (Å²) in [6.07, 6.45) is -0.743. The number of amides is 1. The highest BCUT2D eigenvalue weighted by Gasteiger charge is 2.29. The molecular weight excluding hydrogens is 334 g/mol. The number of rotatable bonds is 5. The zero-order valence-electron chi connectivity index (χ0n) is 14.9. The number of hydrogen-bond acceptors (Lipinski definition) is 5. The molecule has 1 aliphatic carbocycles. The summed E-state index contributed by atoms with van der Waals surface area (Å²) in [5, 5.41) is 0. The Kier molecular flexibility index (Phi) is 4.95. The lowest BCUT2D eigenvalue weighted by Gasteiger charge is -2.23. The van der Waals surface area contributed by atoms with Gasteiger partial charge in [-0.25, -0.2) is 9.63 Å². The minimum absolute atomic E-state index is 0.0328. The average molecular weight is 355 g/mol. The molecule has 3 rings (SSSR count). The van der Waals surface area contributed by atoms with Crippen LogP contribution in [-0.2, 0) is 19.1 Å². The van der Waals surface area contributed by atoms with Crippen molar-refractivity contribution in [2.24, 2.45) is 0 Å². The van der Waals surface area contributed by atoms with Gasteiger partial charge in [0.1, 0.15) is 6.61 Å². The molecule has 6 nitrogen and oxygen atoms in total. The second-order valence-electron chi connectivity index (χ2n) is 6.52. The molecule has 0 radical (unpaired) electrons. The van der Waals surface area contributed by atoms with Crippen molar-refractivity contribution in [3.8, 4) is 11.1 Å². The van der Waals surface area contributed by atoms with Crippen molar-refractivity contribution in [3.05, 3.63) is 59.7 Å². The van der Waals surface area contributed by atoms with E-state index in [1.165, 1.54) is 20.8 Å². The highest BCUT2D eigenvalue weighted by Crippen LogP contribution is 2.44. The zero-order chi connectivity index (χ0) is 18.7. The molecule has 2 aromatic rings. The van der Waals surface area contributed by atoms with Crippen molar-refractivity contribution < 1.29 is 23.9 Å². The number of fused-ring (bicyclic) bond motifs is 3. The van der Waals surface area contributed by atoms with E-state index in [1.807, 2.05) is 36.4 Å². The lowest BCUT2D eigenvalue weighted by atomic mass is 9.98. The minimum Gasteiger partial charge on any atom is -0.447 e. The number of hydroxylamine groups is 1. The summed E-state index contributed by atoms with van der Waals surface area (Å²) in [6, 6.07) is 16.2. The first-order chi connectivity index (χ1) is 12.4. The molecule has 2 aromatic carbocycles. The summed E-state index contributed by atoms with van der Waals surface area (Å²) in [6.45, 7) is 4.46. The molecule has 136 valence electrons. The van der Waals surface area contributed by atoms with E-state index in [0.29, 0.717) is 0 Å². The van der Waals surface area contributed by atoms with Gasteiger partial charge in [-0.05, 0) is 22.3 Å². The number of ether oxygens (including phenoxy) is 2. The van der Waals surface area contributed by atoms with Crippen molar-refractivity contribution in [1.82, 2.24) is 5.48 Å². The molecule has 1 aliphatic rings. The molecule has 0 saturated carbocycles. The van der Waals surface area contributed by atoms with Gasteiger partial charge in [-0.3, -0.25) is 4.79 Å². The maximum atomic E-state index is 12.0. The average Bonchev–Trinajstić information content (AvgIpc) is 2.91. The highest BCUT2D eigenvalue weighted by atomic mass is 16.8. The van der Waals surface area contributed by atoms with Crippen molar-refractivity contribution in [1.29, 1.82) is 0 Å². The molecule has 0 saturated heterocycles. The normalized spacial score (nSPS) is 12.9. The molecule has 1 N–H and O–H groups in total. The Morgan fingerprint density at radius 1 is 1.00 bits per heavy atom. The Balaban J connectivity index is 1.63. The van der Waals surface area contributed by atoms with Gasteiger partial charge in [0.05, 0.1) is 0 Å². The van der Waals surface area contributed by atoms with E-state index in [1.54, 1.807) is 0 Å². The summed E-state index contributed by atoms with van der Waals surface area (Å²) < 4.78 is 10.3. The van der Waals surface area contributed by atoms with Gasteiger partial charge >= 0.3 is 12.1 Å². The first kappa shape index (κ1) is 17.9. The standard InChI is InChI=1S/C20H21NO5/c1-13(22)25-20(2,3)26-21-19(23)24-12-18-16-10-6-4-8-14(16)15-9-5-7-11-17(15)18/h4-11,18H,12H2,1-3H3,(H,21,23). The van der Waals surface area contributed by atoms with Gasteiger partial charge in [-0.2, -0.15) is 5.48 Å². The Morgan fingerprint density at radius 3 is 2.08 bits per heavy atom. The smallest absolute Gasteiger partial charge is 0.431 e. The Bertz CT molecular complexity index is 785. The van der Waals surface area contributed by atoms with Gasteiger partial charge in [-0.15, -0.1) is 0 Å². The van der Waals surface area contributed by atoms with Crippen molar-refractivity contribution in [3.63, 3.8) is 0 Å². The first-order valence-corrected chi connectivity index (χ1v) is 8.36. The van der Waals surface area contributed by atoms with E-state index >= 15 is 0 Å². The number of benzene rings is 2. The molecule has 0 fully saturated rings. The number of esters is 1. The van der Waals surface area contributed by atoms with Gasteiger partial charge in [0.15, 0.2) is 0 Å². The fourth-order valence-electron chi connectivity index (χ4n) is 3.16. The molecule has 0 bridgehead atoms. The maximum absolute atomic E-state index is 12.0. The maximum Gasteiger partial charge on any atom is 0.431 e. The van der Waals surface area contributed by atoms with E-state index < -0.39 is 17.8 Å². The van der Waals surface area contributed by atoms with Gasteiger partial charge in [0.2, 0.25) is 5.79 Å². The quantitative estimate of drug-likeness (QED) is 0.502. The fourth-order valence-corrected chi connectivity index (χ4v) is 3.16. The Morgan fingerprint density at radius 2 is 1.54 bits per heavy atom. The van der Waals surface area contributed by atoms with Crippen molar-refractivity contribution in [2.45, 2.75) is 32.5 Å². The van der Waals surface area contributed by atoms with Crippen LogP contribution in [0.2, 0.25) is 0 Å². The molecule has 0 aromatic heterocycles. The van der Waals surface area contributed by atoms with Crippen LogP contribution in [0.5, 0.6) is 0 Å². The van der Waals surface area contributed by atoms with E-state index in [0.717, 1.165) is 22.3 Å². The largest absolute Gasteiger partial charge is 0.447 e. The lowest BCUT2D eigenvalue weighted by Crippen LogP contribution is -2.39. The number of carbonyl (C=O) groups is 2.